The summed E-state index contributed by atoms with van der Waals surface area (Å²) in [5.41, 5.74) is 1.01. The molecule has 2 rings (SSSR count). The standard InChI is InChI=1S/C15H14BrNO4/c1-9-13(15(19)20)7-12(21-9)8-17-14(18)6-10-3-2-4-11(16)5-10/h2-5,7H,6,8H2,1H3,(H,17,18)(H,19,20). The van der Waals surface area contributed by atoms with Crippen molar-refractivity contribution in [2.75, 3.05) is 0 Å². The first kappa shape index (κ1) is 15.3. The number of carboxylic acids is 1. The minimum absolute atomic E-state index is 0.117. The van der Waals surface area contributed by atoms with E-state index in [1.54, 1.807) is 6.92 Å². The van der Waals surface area contributed by atoms with Gasteiger partial charge >= 0.3 is 5.97 Å². The summed E-state index contributed by atoms with van der Waals surface area (Å²) in [6, 6.07) is 8.92. The molecule has 2 N–H and O–H groups in total. The highest BCUT2D eigenvalue weighted by molar-refractivity contribution is 9.10. The van der Waals surface area contributed by atoms with E-state index in [-0.39, 0.29) is 24.4 Å². The van der Waals surface area contributed by atoms with Gasteiger partial charge in [-0.05, 0) is 30.7 Å². The van der Waals surface area contributed by atoms with Gasteiger partial charge < -0.3 is 14.8 Å². The van der Waals surface area contributed by atoms with Gasteiger partial charge in [0.05, 0.1) is 13.0 Å². The summed E-state index contributed by atoms with van der Waals surface area (Å²) in [6.07, 6.45) is 0.255. The second-order valence-electron chi connectivity index (χ2n) is 4.57. The van der Waals surface area contributed by atoms with Gasteiger partial charge in [0.2, 0.25) is 5.91 Å². The zero-order valence-electron chi connectivity index (χ0n) is 11.4. The summed E-state index contributed by atoms with van der Waals surface area (Å²) >= 11 is 3.35. The van der Waals surface area contributed by atoms with Crippen LogP contribution in [0.2, 0.25) is 0 Å². The maximum atomic E-state index is 11.8. The largest absolute Gasteiger partial charge is 0.478 e. The second-order valence-corrected chi connectivity index (χ2v) is 5.49. The van der Waals surface area contributed by atoms with E-state index in [1.807, 2.05) is 24.3 Å². The highest BCUT2D eigenvalue weighted by Crippen LogP contribution is 2.15. The van der Waals surface area contributed by atoms with E-state index in [1.165, 1.54) is 6.07 Å². The maximum Gasteiger partial charge on any atom is 0.339 e. The van der Waals surface area contributed by atoms with E-state index in [2.05, 4.69) is 21.2 Å². The lowest BCUT2D eigenvalue weighted by molar-refractivity contribution is -0.120. The van der Waals surface area contributed by atoms with E-state index >= 15 is 0 Å². The van der Waals surface area contributed by atoms with Gasteiger partial charge in [0.1, 0.15) is 17.1 Å². The predicted molar refractivity (Wildman–Crippen MR) is 80.1 cm³/mol. The van der Waals surface area contributed by atoms with Crippen LogP contribution in [-0.4, -0.2) is 17.0 Å². The number of carbonyl (C=O) groups is 2. The highest BCUT2D eigenvalue weighted by Gasteiger charge is 2.14. The summed E-state index contributed by atoms with van der Waals surface area (Å²) in [4.78, 5) is 22.7. The fraction of sp³-hybridized carbons (Fsp3) is 0.200. The normalized spacial score (nSPS) is 10.4. The number of nitrogens with one attached hydrogen (secondary N) is 1. The Morgan fingerprint density at radius 1 is 1.33 bits per heavy atom. The predicted octanol–water partition coefficient (Wildman–Crippen LogP) is 2.91. The molecule has 0 unspecified atom stereocenters. The van der Waals surface area contributed by atoms with Gasteiger partial charge in [-0.3, -0.25) is 4.79 Å². The highest BCUT2D eigenvalue weighted by atomic mass is 79.9. The van der Waals surface area contributed by atoms with Crippen molar-refractivity contribution in [3.63, 3.8) is 0 Å². The van der Waals surface area contributed by atoms with Crippen LogP contribution in [0.15, 0.2) is 39.2 Å². The molecular weight excluding hydrogens is 338 g/mol. The zero-order valence-corrected chi connectivity index (χ0v) is 12.9. The van der Waals surface area contributed by atoms with Crippen LogP contribution in [0.1, 0.15) is 27.4 Å². The lowest BCUT2D eigenvalue weighted by Gasteiger charge is -2.04. The van der Waals surface area contributed by atoms with E-state index < -0.39 is 5.97 Å². The van der Waals surface area contributed by atoms with Crippen molar-refractivity contribution in [2.45, 2.75) is 19.9 Å². The van der Waals surface area contributed by atoms with Gasteiger partial charge in [0, 0.05) is 4.47 Å². The molecule has 21 heavy (non-hydrogen) atoms. The Balaban J connectivity index is 1.92. The van der Waals surface area contributed by atoms with E-state index in [4.69, 9.17) is 9.52 Å². The number of halogens is 1. The number of rotatable bonds is 5. The Kier molecular flexibility index (Phi) is 4.80. The summed E-state index contributed by atoms with van der Waals surface area (Å²) in [5.74, 6) is -0.437. The van der Waals surface area contributed by atoms with Gasteiger partial charge in [0.25, 0.3) is 0 Å². The number of benzene rings is 1. The SMILES string of the molecule is Cc1oc(CNC(=O)Cc2cccc(Br)c2)cc1C(=O)O. The van der Waals surface area contributed by atoms with E-state index in [0.717, 1.165) is 10.0 Å². The van der Waals surface area contributed by atoms with Crippen molar-refractivity contribution in [1.29, 1.82) is 0 Å². The number of carboxylic acid groups (broad SMARTS) is 1. The molecule has 0 aliphatic carbocycles. The molecule has 0 atom stereocenters. The number of carbonyl (C=O) groups excluding carboxylic acids is 1. The first-order valence-corrected chi connectivity index (χ1v) is 7.09. The summed E-state index contributed by atoms with van der Waals surface area (Å²) in [5, 5.41) is 11.6. The molecule has 0 spiro atoms. The van der Waals surface area contributed by atoms with Crippen molar-refractivity contribution in [3.05, 3.63) is 57.5 Å². The van der Waals surface area contributed by atoms with Crippen LogP contribution in [0.5, 0.6) is 0 Å². The van der Waals surface area contributed by atoms with E-state index in [0.29, 0.717) is 11.5 Å². The van der Waals surface area contributed by atoms with Crippen molar-refractivity contribution in [2.24, 2.45) is 0 Å². The Morgan fingerprint density at radius 3 is 2.71 bits per heavy atom. The molecule has 0 radical (unpaired) electrons. The molecular formula is C15H14BrNO4. The third kappa shape index (κ3) is 4.19. The fourth-order valence-electron chi connectivity index (χ4n) is 1.92. The fourth-order valence-corrected chi connectivity index (χ4v) is 2.37. The molecule has 0 bridgehead atoms. The molecule has 5 nitrogen and oxygen atoms in total. The summed E-state index contributed by atoms with van der Waals surface area (Å²) in [7, 11) is 0. The molecule has 1 aromatic heterocycles. The quantitative estimate of drug-likeness (QED) is 0.867. The van der Waals surface area contributed by atoms with Crippen LogP contribution >= 0.6 is 15.9 Å². The molecule has 0 saturated carbocycles. The van der Waals surface area contributed by atoms with Crippen molar-refractivity contribution < 1.29 is 19.1 Å². The number of hydrogen-bond acceptors (Lipinski definition) is 3. The number of furan rings is 1. The Labute approximate surface area is 130 Å². The molecule has 6 heteroatoms. The summed E-state index contributed by atoms with van der Waals surface area (Å²) < 4.78 is 6.21. The lowest BCUT2D eigenvalue weighted by atomic mass is 10.1. The minimum Gasteiger partial charge on any atom is -0.478 e. The van der Waals surface area contributed by atoms with Gasteiger partial charge in [-0.25, -0.2) is 4.79 Å². The average Bonchev–Trinajstić information content (AvgIpc) is 2.78. The van der Waals surface area contributed by atoms with Crippen molar-refractivity contribution in [3.8, 4) is 0 Å². The maximum absolute atomic E-state index is 11.8. The molecule has 1 aromatic carbocycles. The molecule has 0 aliphatic heterocycles. The molecule has 0 fully saturated rings. The van der Waals surface area contributed by atoms with Crippen LogP contribution in [0, 0.1) is 6.92 Å². The zero-order chi connectivity index (χ0) is 15.4. The van der Waals surface area contributed by atoms with E-state index in [9.17, 15) is 9.59 Å². The Bertz CT molecular complexity index is 678. The molecule has 0 aliphatic rings. The number of aromatic carboxylic acids is 1. The number of aryl methyl sites for hydroxylation is 1. The van der Waals surface area contributed by atoms with Gasteiger partial charge in [-0.2, -0.15) is 0 Å². The van der Waals surface area contributed by atoms with Crippen LogP contribution in [0.4, 0.5) is 0 Å². The molecule has 2 aromatic rings. The smallest absolute Gasteiger partial charge is 0.339 e. The number of amides is 1. The first-order chi connectivity index (χ1) is 9.95. The third-order valence-corrected chi connectivity index (χ3v) is 3.41. The van der Waals surface area contributed by atoms with Crippen molar-refractivity contribution in [1.82, 2.24) is 5.32 Å². The topological polar surface area (TPSA) is 79.5 Å². The van der Waals surface area contributed by atoms with Crippen LogP contribution in [-0.2, 0) is 17.8 Å². The van der Waals surface area contributed by atoms with Gasteiger partial charge in [-0.15, -0.1) is 0 Å². The molecule has 0 saturated heterocycles. The summed E-state index contributed by atoms with van der Waals surface area (Å²) in [6.45, 7) is 1.75. The van der Waals surface area contributed by atoms with Gasteiger partial charge in [0.15, 0.2) is 0 Å². The number of hydrogen-bond donors (Lipinski definition) is 2. The molecule has 110 valence electrons. The van der Waals surface area contributed by atoms with Gasteiger partial charge in [-0.1, -0.05) is 28.1 Å². The monoisotopic (exact) mass is 351 g/mol. The second kappa shape index (κ2) is 6.58. The van der Waals surface area contributed by atoms with Crippen LogP contribution in [0.25, 0.3) is 0 Å². The van der Waals surface area contributed by atoms with Crippen molar-refractivity contribution >= 4 is 27.8 Å². The Hall–Kier alpha value is -2.08. The molecule has 1 amide bonds. The first-order valence-electron chi connectivity index (χ1n) is 6.29. The third-order valence-electron chi connectivity index (χ3n) is 2.91. The minimum atomic E-state index is -1.04. The lowest BCUT2D eigenvalue weighted by Crippen LogP contribution is -2.24. The van der Waals surface area contributed by atoms with Crippen LogP contribution < -0.4 is 5.32 Å². The Morgan fingerprint density at radius 2 is 2.10 bits per heavy atom. The van der Waals surface area contributed by atoms with Crippen LogP contribution in [0.3, 0.4) is 0 Å². The molecule has 1 heterocycles. The average molecular weight is 352 g/mol.